The zero-order valence-electron chi connectivity index (χ0n) is 17.5. The molecule has 1 aromatic rings. The smallest absolute Gasteiger partial charge is 0.254 e. The van der Waals surface area contributed by atoms with Crippen molar-refractivity contribution in [2.45, 2.75) is 12.8 Å². The van der Waals surface area contributed by atoms with E-state index in [4.69, 9.17) is 14.2 Å². The summed E-state index contributed by atoms with van der Waals surface area (Å²) < 4.78 is 16.2. The summed E-state index contributed by atoms with van der Waals surface area (Å²) in [5.74, 6) is 3.23. The van der Waals surface area contributed by atoms with E-state index in [1.54, 1.807) is 20.3 Å². The number of amides is 1. The Hall–Kier alpha value is -2.05. The fraction of sp³-hybridized carbons (Fsp3) is 0.609. The molecule has 2 bridgehead atoms. The van der Waals surface area contributed by atoms with Crippen molar-refractivity contribution in [3.05, 3.63) is 35.9 Å². The molecule has 0 radical (unpaired) electrons. The zero-order valence-corrected chi connectivity index (χ0v) is 17.5. The minimum absolute atomic E-state index is 0.0576. The van der Waals surface area contributed by atoms with Crippen LogP contribution >= 0.6 is 0 Å². The van der Waals surface area contributed by atoms with Gasteiger partial charge in [0.25, 0.3) is 5.91 Å². The van der Waals surface area contributed by atoms with Gasteiger partial charge >= 0.3 is 0 Å². The Bertz CT molecular complexity index is 722. The van der Waals surface area contributed by atoms with Crippen LogP contribution in [0.15, 0.2) is 30.4 Å². The molecule has 3 atom stereocenters. The van der Waals surface area contributed by atoms with Gasteiger partial charge in [-0.1, -0.05) is 12.2 Å². The molecule has 6 heteroatoms. The lowest BCUT2D eigenvalue weighted by molar-refractivity contribution is 0.0313. The van der Waals surface area contributed by atoms with Crippen molar-refractivity contribution in [2.75, 3.05) is 60.2 Å². The van der Waals surface area contributed by atoms with Gasteiger partial charge in [0.2, 0.25) is 0 Å². The number of carbonyl (C=O) groups is 1. The van der Waals surface area contributed by atoms with E-state index in [0.29, 0.717) is 34.8 Å². The second kappa shape index (κ2) is 9.18. The van der Waals surface area contributed by atoms with E-state index in [-0.39, 0.29) is 5.91 Å². The molecule has 3 aliphatic rings. The summed E-state index contributed by atoms with van der Waals surface area (Å²) in [4.78, 5) is 17.9. The maximum absolute atomic E-state index is 13.5. The van der Waals surface area contributed by atoms with E-state index in [2.05, 4.69) is 17.1 Å². The van der Waals surface area contributed by atoms with E-state index in [1.165, 1.54) is 12.8 Å². The van der Waals surface area contributed by atoms with Crippen molar-refractivity contribution >= 4 is 5.91 Å². The molecule has 6 nitrogen and oxygen atoms in total. The average Bonchev–Trinajstić information content (AvgIpc) is 3.39. The van der Waals surface area contributed by atoms with E-state index >= 15 is 0 Å². The fourth-order valence-corrected chi connectivity index (χ4v) is 4.86. The fourth-order valence-electron chi connectivity index (χ4n) is 4.86. The van der Waals surface area contributed by atoms with E-state index in [0.717, 1.165) is 45.9 Å². The Kier molecular flexibility index (Phi) is 6.40. The molecule has 0 N–H and O–H groups in total. The highest BCUT2D eigenvalue weighted by Gasteiger charge is 2.37. The summed E-state index contributed by atoms with van der Waals surface area (Å²) in [5, 5.41) is 0. The number of hydrogen-bond acceptors (Lipinski definition) is 5. The van der Waals surface area contributed by atoms with Crippen molar-refractivity contribution in [3.63, 3.8) is 0 Å². The van der Waals surface area contributed by atoms with Gasteiger partial charge in [0.05, 0.1) is 27.4 Å². The third kappa shape index (κ3) is 4.75. The van der Waals surface area contributed by atoms with Crippen molar-refractivity contribution in [1.82, 2.24) is 9.80 Å². The maximum Gasteiger partial charge on any atom is 0.254 e. The SMILES string of the molecule is COc1cc(OC)cc(C(=O)N(CCN2CCOCC2)CC2CC3C=CC2C3)c1. The predicted molar refractivity (Wildman–Crippen MR) is 112 cm³/mol. The van der Waals surface area contributed by atoms with Crippen molar-refractivity contribution < 1.29 is 19.0 Å². The van der Waals surface area contributed by atoms with Gasteiger partial charge in [-0.15, -0.1) is 0 Å². The number of methoxy groups -OCH3 is 2. The summed E-state index contributed by atoms with van der Waals surface area (Å²) in [6, 6.07) is 5.43. The number of carbonyl (C=O) groups excluding carboxylic acids is 1. The Morgan fingerprint density at radius 1 is 1.10 bits per heavy atom. The molecule has 0 spiro atoms. The number of fused-ring (bicyclic) bond motifs is 2. The Balaban J connectivity index is 1.50. The molecule has 1 saturated carbocycles. The lowest BCUT2D eigenvalue weighted by Crippen LogP contribution is -2.44. The first-order valence-electron chi connectivity index (χ1n) is 10.7. The molecule has 29 heavy (non-hydrogen) atoms. The molecule has 3 unspecified atom stereocenters. The Morgan fingerprint density at radius 3 is 2.41 bits per heavy atom. The van der Waals surface area contributed by atoms with Gasteiger partial charge in [-0.05, 0) is 42.7 Å². The lowest BCUT2D eigenvalue weighted by atomic mass is 9.93. The van der Waals surface area contributed by atoms with Crippen LogP contribution in [0.25, 0.3) is 0 Å². The second-order valence-electron chi connectivity index (χ2n) is 8.35. The summed E-state index contributed by atoms with van der Waals surface area (Å²) in [7, 11) is 3.22. The zero-order chi connectivity index (χ0) is 20.2. The summed E-state index contributed by atoms with van der Waals surface area (Å²) in [5.41, 5.74) is 0.627. The molecule has 2 fully saturated rings. The second-order valence-corrected chi connectivity index (χ2v) is 8.35. The first-order valence-corrected chi connectivity index (χ1v) is 10.7. The van der Waals surface area contributed by atoms with Crippen molar-refractivity contribution in [2.24, 2.45) is 17.8 Å². The molecule has 2 aliphatic carbocycles. The van der Waals surface area contributed by atoms with Crippen molar-refractivity contribution in [1.29, 1.82) is 0 Å². The summed E-state index contributed by atoms with van der Waals surface area (Å²) >= 11 is 0. The summed E-state index contributed by atoms with van der Waals surface area (Å²) in [6.07, 6.45) is 7.17. The van der Waals surface area contributed by atoms with Crippen LogP contribution < -0.4 is 9.47 Å². The molecule has 158 valence electrons. The maximum atomic E-state index is 13.5. The molecular weight excluding hydrogens is 368 g/mol. The van der Waals surface area contributed by atoms with E-state index in [1.807, 2.05) is 17.0 Å². The summed E-state index contributed by atoms with van der Waals surface area (Å²) in [6.45, 7) is 5.85. The predicted octanol–water partition coefficient (Wildman–Crippen LogP) is 2.69. The van der Waals surface area contributed by atoms with Crippen LogP contribution in [0.5, 0.6) is 11.5 Å². The van der Waals surface area contributed by atoms with Crippen LogP contribution in [-0.2, 0) is 4.74 Å². The van der Waals surface area contributed by atoms with Gasteiger partial charge in [0.15, 0.2) is 0 Å². The van der Waals surface area contributed by atoms with Gasteiger partial charge < -0.3 is 19.1 Å². The molecular formula is C23H32N2O4. The van der Waals surface area contributed by atoms with Crippen LogP contribution in [0.4, 0.5) is 0 Å². The van der Waals surface area contributed by atoms with Gasteiger partial charge in [0.1, 0.15) is 11.5 Å². The molecule has 4 rings (SSSR count). The number of ether oxygens (including phenoxy) is 3. The first-order chi connectivity index (χ1) is 14.2. The standard InChI is InChI=1S/C23H32N2O4/c1-27-21-13-19(14-22(15-21)28-2)23(26)25(6-5-24-7-9-29-10-8-24)16-20-12-17-3-4-18(20)11-17/h3-4,13-15,17-18,20H,5-12,16H2,1-2H3. The minimum atomic E-state index is 0.0576. The highest BCUT2D eigenvalue weighted by Crippen LogP contribution is 2.43. The largest absolute Gasteiger partial charge is 0.497 e. The first kappa shape index (κ1) is 20.2. The molecule has 1 heterocycles. The van der Waals surface area contributed by atoms with Crippen LogP contribution in [-0.4, -0.2) is 75.9 Å². The van der Waals surface area contributed by atoms with Gasteiger partial charge in [0, 0.05) is 44.4 Å². The number of morpholine rings is 1. The van der Waals surface area contributed by atoms with Crippen molar-refractivity contribution in [3.8, 4) is 11.5 Å². The minimum Gasteiger partial charge on any atom is -0.497 e. The van der Waals surface area contributed by atoms with E-state index in [9.17, 15) is 4.79 Å². The number of hydrogen-bond donors (Lipinski definition) is 0. The number of rotatable bonds is 8. The highest BCUT2D eigenvalue weighted by molar-refractivity contribution is 5.95. The topological polar surface area (TPSA) is 51.2 Å². The van der Waals surface area contributed by atoms with Gasteiger partial charge in [-0.2, -0.15) is 0 Å². The Labute approximate surface area is 173 Å². The number of allylic oxidation sites excluding steroid dienone is 2. The number of nitrogens with zero attached hydrogens (tertiary/aromatic N) is 2. The molecule has 1 aromatic carbocycles. The molecule has 1 amide bonds. The van der Waals surface area contributed by atoms with Crippen LogP contribution in [0.3, 0.4) is 0 Å². The lowest BCUT2D eigenvalue weighted by Gasteiger charge is -2.32. The molecule has 0 aromatic heterocycles. The molecule has 1 saturated heterocycles. The van der Waals surface area contributed by atoms with E-state index < -0.39 is 0 Å². The third-order valence-electron chi connectivity index (χ3n) is 6.55. The normalized spacial score (nSPS) is 25.9. The highest BCUT2D eigenvalue weighted by atomic mass is 16.5. The third-order valence-corrected chi connectivity index (χ3v) is 6.55. The molecule has 1 aliphatic heterocycles. The Morgan fingerprint density at radius 2 is 1.83 bits per heavy atom. The van der Waals surface area contributed by atoms with Crippen LogP contribution in [0.2, 0.25) is 0 Å². The monoisotopic (exact) mass is 400 g/mol. The van der Waals surface area contributed by atoms with Gasteiger partial charge in [-0.25, -0.2) is 0 Å². The van der Waals surface area contributed by atoms with Crippen LogP contribution in [0.1, 0.15) is 23.2 Å². The average molecular weight is 401 g/mol. The number of benzene rings is 1. The van der Waals surface area contributed by atoms with Crippen LogP contribution in [0, 0.1) is 17.8 Å². The quantitative estimate of drug-likeness (QED) is 0.628. The van der Waals surface area contributed by atoms with Gasteiger partial charge in [-0.3, -0.25) is 9.69 Å².